The minimum absolute atomic E-state index is 0.153. The molecule has 2 rings (SSSR count). The Bertz CT molecular complexity index is 523. The van der Waals surface area contributed by atoms with Crippen molar-refractivity contribution in [3.05, 3.63) is 23.7 Å². The number of carbonyl (C=O) groups excluding carboxylic acids is 1. The maximum absolute atomic E-state index is 11.0. The Morgan fingerprint density at radius 1 is 1.35 bits per heavy atom. The Hall–Kier alpha value is -2.06. The van der Waals surface area contributed by atoms with Crippen LogP contribution in [0.1, 0.15) is 23.2 Å². The van der Waals surface area contributed by atoms with E-state index >= 15 is 0 Å². The standard InChI is InChI=1S/C15H25N5O3/c1-2-17-15(18-5-6-20-7-9-22-10-8-20)19-11-12-3-4-13(23-12)14(16)21/h3-4H,2,5-11H2,1H3,(H2,16,21)(H2,17,18,19). The number of morpholine rings is 1. The highest BCUT2D eigenvalue weighted by Gasteiger charge is 2.10. The van der Waals surface area contributed by atoms with E-state index in [1.807, 2.05) is 6.92 Å². The van der Waals surface area contributed by atoms with Crippen LogP contribution in [0.15, 0.2) is 21.5 Å². The van der Waals surface area contributed by atoms with Crippen molar-refractivity contribution in [2.24, 2.45) is 10.7 Å². The number of amides is 1. The fourth-order valence-corrected chi connectivity index (χ4v) is 2.25. The van der Waals surface area contributed by atoms with Crippen LogP contribution in [0.2, 0.25) is 0 Å². The second-order valence-corrected chi connectivity index (χ2v) is 5.21. The van der Waals surface area contributed by atoms with Crippen LogP contribution in [-0.4, -0.2) is 62.7 Å². The third kappa shape index (κ3) is 5.91. The van der Waals surface area contributed by atoms with Crippen molar-refractivity contribution in [1.29, 1.82) is 0 Å². The van der Waals surface area contributed by atoms with E-state index < -0.39 is 5.91 Å². The van der Waals surface area contributed by atoms with E-state index in [0.29, 0.717) is 12.3 Å². The largest absolute Gasteiger partial charge is 0.454 e. The molecule has 1 aromatic rings. The van der Waals surface area contributed by atoms with Crippen molar-refractivity contribution >= 4 is 11.9 Å². The molecule has 1 fully saturated rings. The number of carbonyl (C=O) groups is 1. The lowest BCUT2D eigenvalue weighted by Crippen LogP contribution is -2.44. The van der Waals surface area contributed by atoms with Gasteiger partial charge in [-0.15, -0.1) is 0 Å². The summed E-state index contributed by atoms with van der Waals surface area (Å²) in [5.74, 6) is 0.901. The summed E-state index contributed by atoms with van der Waals surface area (Å²) in [7, 11) is 0. The van der Waals surface area contributed by atoms with Gasteiger partial charge in [0, 0.05) is 32.7 Å². The molecule has 0 unspecified atom stereocenters. The Kier molecular flexibility index (Phi) is 6.89. The molecule has 23 heavy (non-hydrogen) atoms. The molecule has 0 spiro atoms. The van der Waals surface area contributed by atoms with Crippen molar-refractivity contribution in [3.63, 3.8) is 0 Å². The van der Waals surface area contributed by atoms with Crippen molar-refractivity contribution < 1.29 is 13.9 Å². The number of guanidine groups is 1. The fraction of sp³-hybridized carbons (Fsp3) is 0.600. The molecule has 8 heteroatoms. The summed E-state index contributed by atoms with van der Waals surface area (Å²) in [5.41, 5.74) is 5.16. The average Bonchev–Trinajstić information content (AvgIpc) is 3.03. The molecule has 0 aliphatic carbocycles. The molecule has 1 saturated heterocycles. The lowest BCUT2D eigenvalue weighted by Gasteiger charge is -2.26. The van der Waals surface area contributed by atoms with Gasteiger partial charge in [-0.3, -0.25) is 9.69 Å². The quantitative estimate of drug-likeness (QED) is 0.473. The molecule has 0 saturated carbocycles. The monoisotopic (exact) mass is 323 g/mol. The summed E-state index contributed by atoms with van der Waals surface area (Å²) >= 11 is 0. The van der Waals surface area contributed by atoms with Crippen molar-refractivity contribution in [2.45, 2.75) is 13.5 Å². The number of primary amides is 1. The first-order chi connectivity index (χ1) is 11.2. The highest BCUT2D eigenvalue weighted by Crippen LogP contribution is 2.08. The van der Waals surface area contributed by atoms with Gasteiger partial charge in [0.2, 0.25) is 0 Å². The average molecular weight is 323 g/mol. The molecule has 4 N–H and O–H groups in total. The van der Waals surface area contributed by atoms with Gasteiger partial charge in [0.05, 0.1) is 13.2 Å². The SMILES string of the molecule is CCNC(=NCc1ccc(C(N)=O)o1)NCCN1CCOCC1. The number of rotatable bonds is 7. The fourth-order valence-electron chi connectivity index (χ4n) is 2.25. The lowest BCUT2D eigenvalue weighted by molar-refractivity contribution is 0.0389. The third-order valence-corrected chi connectivity index (χ3v) is 3.47. The van der Waals surface area contributed by atoms with Gasteiger partial charge in [-0.05, 0) is 19.1 Å². The molecule has 128 valence electrons. The zero-order valence-electron chi connectivity index (χ0n) is 13.5. The van der Waals surface area contributed by atoms with Crippen molar-refractivity contribution in [3.8, 4) is 0 Å². The molecule has 1 amide bonds. The van der Waals surface area contributed by atoms with E-state index in [9.17, 15) is 4.79 Å². The summed E-state index contributed by atoms with van der Waals surface area (Å²) in [4.78, 5) is 17.8. The van der Waals surface area contributed by atoms with Crippen LogP contribution in [0.4, 0.5) is 0 Å². The number of furan rings is 1. The molecule has 0 bridgehead atoms. The van der Waals surface area contributed by atoms with Gasteiger partial charge in [0.15, 0.2) is 11.7 Å². The normalized spacial score (nSPS) is 16.3. The topological polar surface area (TPSA) is 105 Å². The molecule has 0 aromatic carbocycles. The van der Waals surface area contributed by atoms with Gasteiger partial charge in [-0.1, -0.05) is 0 Å². The molecule has 0 atom stereocenters. The van der Waals surface area contributed by atoms with Gasteiger partial charge >= 0.3 is 0 Å². The van der Waals surface area contributed by atoms with E-state index in [0.717, 1.165) is 51.9 Å². The van der Waals surface area contributed by atoms with Crippen molar-refractivity contribution in [2.75, 3.05) is 45.9 Å². The van der Waals surface area contributed by atoms with Gasteiger partial charge in [0.25, 0.3) is 5.91 Å². The number of hydrogen-bond acceptors (Lipinski definition) is 5. The number of aliphatic imine (C=N–C) groups is 1. The van der Waals surface area contributed by atoms with E-state index in [2.05, 4.69) is 20.5 Å². The van der Waals surface area contributed by atoms with Gasteiger partial charge in [-0.25, -0.2) is 4.99 Å². The van der Waals surface area contributed by atoms with E-state index in [-0.39, 0.29) is 5.76 Å². The zero-order chi connectivity index (χ0) is 16.5. The van der Waals surface area contributed by atoms with E-state index in [1.54, 1.807) is 12.1 Å². The van der Waals surface area contributed by atoms with Crippen molar-refractivity contribution in [1.82, 2.24) is 15.5 Å². The summed E-state index contributed by atoms with van der Waals surface area (Å²) in [6.45, 7) is 8.42. The van der Waals surface area contributed by atoms with Crippen LogP contribution in [-0.2, 0) is 11.3 Å². The summed E-state index contributed by atoms with van der Waals surface area (Å²) in [6, 6.07) is 3.27. The Balaban J connectivity index is 1.79. The Morgan fingerprint density at radius 2 is 2.13 bits per heavy atom. The minimum Gasteiger partial charge on any atom is -0.454 e. The Morgan fingerprint density at radius 3 is 2.78 bits per heavy atom. The second kappa shape index (κ2) is 9.16. The number of nitrogens with two attached hydrogens (primary N) is 1. The number of ether oxygens (including phenoxy) is 1. The number of nitrogens with one attached hydrogen (secondary N) is 2. The zero-order valence-corrected chi connectivity index (χ0v) is 13.5. The van der Waals surface area contributed by atoms with Gasteiger partial charge in [0.1, 0.15) is 12.3 Å². The predicted octanol–water partition coefficient (Wildman–Crippen LogP) is -0.234. The smallest absolute Gasteiger partial charge is 0.284 e. The predicted molar refractivity (Wildman–Crippen MR) is 87.3 cm³/mol. The molecule has 1 aliphatic rings. The van der Waals surface area contributed by atoms with Gasteiger partial charge in [-0.2, -0.15) is 0 Å². The molecule has 1 aliphatic heterocycles. The first kappa shape index (κ1) is 17.3. The highest BCUT2D eigenvalue weighted by atomic mass is 16.5. The third-order valence-electron chi connectivity index (χ3n) is 3.47. The summed E-state index contributed by atoms with van der Waals surface area (Å²) in [6.07, 6.45) is 0. The summed E-state index contributed by atoms with van der Waals surface area (Å²) in [5, 5.41) is 6.47. The highest BCUT2D eigenvalue weighted by molar-refractivity contribution is 5.89. The first-order valence-electron chi connectivity index (χ1n) is 7.90. The molecular formula is C15H25N5O3. The molecule has 1 aromatic heterocycles. The molecule has 2 heterocycles. The van der Waals surface area contributed by atoms with Crippen LogP contribution in [0.3, 0.4) is 0 Å². The maximum Gasteiger partial charge on any atom is 0.284 e. The number of hydrogen-bond donors (Lipinski definition) is 3. The van der Waals surface area contributed by atoms with Crippen LogP contribution in [0.25, 0.3) is 0 Å². The maximum atomic E-state index is 11.0. The van der Waals surface area contributed by atoms with Gasteiger partial charge < -0.3 is 25.5 Å². The minimum atomic E-state index is -0.573. The number of nitrogens with zero attached hydrogens (tertiary/aromatic N) is 2. The van der Waals surface area contributed by atoms with E-state index in [4.69, 9.17) is 14.9 Å². The van der Waals surface area contributed by atoms with Crippen LogP contribution < -0.4 is 16.4 Å². The lowest BCUT2D eigenvalue weighted by atomic mass is 10.4. The Labute approximate surface area is 136 Å². The molecular weight excluding hydrogens is 298 g/mol. The van der Waals surface area contributed by atoms with Crippen LogP contribution >= 0.6 is 0 Å². The first-order valence-corrected chi connectivity index (χ1v) is 7.90. The molecule has 0 radical (unpaired) electrons. The summed E-state index contributed by atoms with van der Waals surface area (Å²) < 4.78 is 10.6. The van der Waals surface area contributed by atoms with E-state index in [1.165, 1.54) is 0 Å². The van der Waals surface area contributed by atoms with Crippen LogP contribution in [0, 0.1) is 0 Å². The van der Waals surface area contributed by atoms with Crippen LogP contribution in [0.5, 0.6) is 0 Å². The second-order valence-electron chi connectivity index (χ2n) is 5.21. The molecule has 8 nitrogen and oxygen atoms in total.